The van der Waals surface area contributed by atoms with Gasteiger partial charge in [-0.25, -0.2) is 4.90 Å². The number of thioether (sulfide) groups is 1. The summed E-state index contributed by atoms with van der Waals surface area (Å²) in [6.07, 6.45) is 6.57. The summed E-state index contributed by atoms with van der Waals surface area (Å²) in [7, 11) is 4.57. The second kappa shape index (κ2) is 12.4. The maximum atomic E-state index is 13.1. The van der Waals surface area contributed by atoms with E-state index in [2.05, 4.69) is 4.90 Å². The van der Waals surface area contributed by atoms with Gasteiger partial charge in [0.15, 0.2) is 17.3 Å². The lowest BCUT2D eigenvalue weighted by molar-refractivity contribution is -0.121. The van der Waals surface area contributed by atoms with Crippen LogP contribution in [0.4, 0.5) is 5.69 Å². The lowest BCUT2D eigenvalue weighted by Gasteiger charge is -2.29. The first kappa shape index (κ1) is 27.7. The van der Waals surface area contributed by atoms with E-state index in [1.807, 2.05) is 0 Å². The standard InChI is InChI=1S/C28H30N2O6S2/c1-34-22-15-18(16-23(35-2)26(22)36-3)7-12-21(31)19-8-10-20(11-9-19)30-25(32)17-24(27(30)33)38-28(37)29-13-5-4-6-14-29/h7-12,15-16,24H,4-6,13-14,17H2,1-3H3. The molecule has 2 aromatic rings. The summed E-state index contributed by atoms with van der Waals surface area (Å²) >= 11 is 6.85. The summed E-state index contributed by atoms with van der Waals surface area (Å²) in [4.78, 5) is 41.9. The number of hydrogen-bond acceptors (Lipinski definition) is 8. The maximum absolute atomic E-state index is 13.1. The number of ether oxygens (including phenoxy) is 3. The summed E-state index contributed by atoms with van der Waals surface area (Å²) in [5.74, 6) is 0.655. The molecule has 2 aromatic carbocycles. The van der Waals surface area contributed by atoms with Crippen LogP contribution in [0.3, 0.4) is 0 Å². The number of thiocarbonyl (C=S) groups is 1. The predicted octanol–water partition coefficient (Wildman–Crippen LogP) is 4.74. The van der Waals surface area contributed by atoms with Crippen molar-refractivity contribution in [3.63, 3.8) is 0 Å². The van der Waals surface area contributed by atoms with Crippen molar-refractivity contribution < 1.29 is 28.6 Å². The molecule has 2 saturated heterocycles. The van der Waals surface area contributed by atoms with Gasteiger partial charge in [-0.3, -0.25) is 14.4 Å². The van der Waals surface area contributed by atoms with Crippen LogP contribution in [0.5, 0.6) is 17.2 Å². The van der Waals surface area contributed by atoms with Crippen molar-refractivity contribution in [1.29, 1.82) is 0 Å². The van der Waals surface area contributed by atoms with Gasteiger partial charge in [0.1, 0.15) is 9.57 Å². The van der Waals surface area contributed by atoms with Gasteiger partial charge in [-0.1, -0.05) is 30.1 Å². The van der Waals surface area contributed by atoms with E-state index in [1.54, 1.807) is 42.5 Å². The fraction of sp³-hybridized carbons (Fsp3) is 0.357. The van der Waals surface area contributed by atoms with Gasteiger partial charge in [-0.05, 0) is 67.3 Å². The normalized spacial score (nSPS) is 17.7. The maximum Gasteiger partial charge on any atom is 0.247 e. The van der Waals surface area contributed by atoms with Gasteiger partial charge >= 0.3 is 0 Å². The van der Waals surface area contributed by atoms with Gasteiger partial charge in [0.05, 0.1) is 27.0 Å². The highest BCUT2D eigenvalue weighted by molar-refractivity contribution is 8.23. The number of amides is 2. The molecule has 200 valence electrons. The van der Waals surface area contributed by atoms with Gasteiger partial charge in [0, 0.05) is 25.1 Å². The number of carbonyl (C=O) groups excluding carboxylic acids is 3. The Hall–Kier alpha value is -3.37. The van der Waals surface area contributed by atoms with E-state index in [0.29, 0.717) is 38.4 Å². The quantitative estimate of drug-likeness (QED) is 0.199. The molecule has 8 nitrogen and oxygen atoms in total. The van der Waals surface area contributed by atoms with Crippen molar-refractivity contribution in [2.45, 2.75) is 30.9 Å². The number of methoxy groups -OCH3 is 3. The number of anilines is 1. The fourth-order valence-electron chi connectivity index (χ4n) is 4.48. The minimum Gasteiger partial charge on any atom is -0.493 e. The third kappa shape index (κ3) is 6.02. The molecule has 2 amide bonds. The Labute approximate surface area is 231 Å². The molecule has 0 saturated carbocycles. The molecule has 0 spiro atoms. The Bertz CT molecular complexity index is 1230. The molecule has 2 aliphatic rings. The van der Waals surface area contributed by atoms with Crippen LogP contribution < -0.4 is 19.1 Å². The molecule has 0 aromatic heterocycles. The Morgan fingerprint density at radius 1 is 0.974 bits per heavy atom. The minimum atomic E-state index is -0.528. The summed E-state index contributed by atoms with van der Waals surface area (Å²) < 4.78 is 16.7. The number of imide groups is 1. The first-order valence-electron chi connectivity index (χ1n) is 12.3. The molecule has 2 fully saturated rings. The summed E-state index contributed by atoms with van der Waals surface area (Å²) in [5, 5.41) is -0.528. The molecule has 1 atom stereocenters. The number of benzene rings is 2. The Morgan fingerprint density at radius 2 is 1.61 bits per heavy atom. The van der Waals surface area contributed by atoms with Gasteiger partial charge < -0.3 is 19.1 Å². The monoisotopic (exact) mass is 554 g/mol. The smallest absolute Gasteiger partial charge is 0.247 e. The van der Waals surface area contributed by atoms with Crippen LogP contribution in [-0.2, 0) is 9.59 Å². The zero-order chi connectivity index (χ0) is 27.2. The number of likely N-dealkylation sites (tertiary alicyclic amines) is 1. The number of allylic oxidation sites excluding steroid dienone is 1. The van der Waals surface area contributed by atoms with Crippen molar-refractivity contribution in [2.75, 3.05) is 39.3 Å². The molecule has 1 unspecified atom stereocenters. The largest absolute Gasteiger partial charge is 0.493 e. The van der Waals surface area contributed by atoms with Crippen molar-refractivity contribution in [1.82, 2.24) is 4.90 Å². The molecule has 0 N–H and O–H groups in total. The summed E-state index contributed by atoms with van der Waals surface area (Å²) in [6, 6.07) is 9.93. The predicted molar refractivity (Wildman–Crippen MR) is 152 cm³/mol. The highest BCUT2D eigenvalue weighted by Gasteiger charge is 2.41. The number of rotatable bonds is 8. The summed E-state index contributed by atoms with van der Waals surface area (Å²) in [6.45, 7) is 1.79. The van der Waals surface area contributed by atoms with Crippen LogP contribution in [0, 0.1) is 0 Å². The van der Waals surface area contributed by atoms with E-state index in [0.717, 1.165) is 25.9 Å². The fourth-order valence-corrected chi connectivity index (χ4v) is 6.02. The Kier molecular flexibility index (Phi) is 9.06. The van der Waals surface area contributed by atoms with E-state index in [1.165, 1.54) is 50.5 Å². The summed E-state index contributed by atoms with van der Waals surface area (Å²) in [5.41, 5.74) is 1.56. The average molecular weight is 555 g/mol. The third-order valence-electron chi connectivity index (χ3n) is 6.49. The van der Waals surface area contributed by atoms with E-state index < -0.39 is 5.25 Å². The van der Waals surface area contributed by atoms with Crippen LogP contribution >= 0.6 is 24.0 Å². The highest BCUT2D eigenvalue weighted by Crippen LogP contribution is 2.38. The molecular weight excluding hydrogens is 524 g/mol. The number of hydrogen-bond donors (Lipinski definition) is 0. The van der Waals surface area contributed by atoms with Gasteiger partial charge in [-0.2, -0.15) is 0 Å². The second-order valence-electron chi connectivity index (χ2n) is 8.89. The first-order valence-corrected chi connectivity index (χ1v) is 13.6. The van der Waals surface area contributed by atoms with Crippen molar-refractivity contribution in [3.05, 3.63) is 53.6 Å². The molecular formula is C28H30N2O6S2. The number of carbonyl (C=O) groups is 3. The third-order valence-corrected chi connectivity index (χ3v) is 8.15. The van der Waals surface area contributed by atoms with E-state index in [9.17, 15) is 14.4 Å². The van der Waals surface area contributed by atoms with E-state index >= 15 is 0 Å². The Balaban J connectivity index is 1.42. The molecule has 0 aliphatic carbocycles. The van der Waals surface area contributed by atoms with Crippen LogP contribution in [0.2, 0.25) is 0 Å². The van der Waals surface area contributed by atoms with Crippen LogP contribution in [0.15, 0.2) is 42.5 Å². The van der Waals surface area contributed by atoms with Crippen molar-refractivity contribution in [3.8, 4) is 17.2 Å². The molecule has 0 bridgehead atoms. The van der Waals surface area contributed by atoms with Gasteiger partial charge in [0.25, 0.3) is 0 Å². The average Bonchev–Trinajstić information content (AvgIpc) is 3.23. The molecule has 0 radical (unpaired) electrons. The highest BCUT2D eigenvalue weighted by atomic mass is 32.2. The molecule has 2 heterocycles. The van der Waals surface area contributed by atoms with E-state index in [-0.39, 0.29) is 24.0 Å². The minimum absolute atomic E-state index is 0.107. The second-order valence-corrected chi connectivity index (χ2v) is 10.7. The molecule has 2 aliphatic heterocycles. The first-order chi connectivity index (χ1) is 18.4. The van der Waals surface area contributed by atoms with E-state index in [4.69, 9.17) is 26.4 Å². The van der Waals surface area contributed by atoms with Crippen molar-refractivity contribution in [2.24, 2.45) is 0 Å². The topological polar surface area (TPSA) is 85.4 Å². The number of piperidine rings is 1. The Morgan fingerprint density at radius 3 is 2.18 bits per heavy atom. The van der Waals surface area contributed by atoms with Gasteiger partial charge in [-0.15, -0.1) is 0 Å². The SMILES string of the molecule is COc1cc(C=CC(=O)c2ccc(N3C(=O)CC(SC(=S)N4CCCCC4)C3=O)cc2)cc(OC)c1OC. The lowest BCUT2D eigenvalue weighted by Crippen LogP contribution is -2.35. The molecule has 38 heavy (non-hydrogen) atoms. The zero-order valence-corrected chi connectivity index (χ0v) is 23.2. The van der Waals surface area contributed by atoms with Crippen molar-refractivity contribution >= 4 is 57.7 Å². The molecule has 10 heteroatoms. The van der Waals surface area contributed by atoms with Crippen LogP contribution in [-0.4, -0.2) is 66.5 Å². The number of ketones is 1. The molecule has 4 rings (SSSR count). The number of nitrogens with zero attached hydrogens (tertiary/aromatic N) is 2. The zero-order valence-electron chi connectivity index (χ0n) is 21.6. The van der Waals surface area contributed by atoms with Crippen LogP contribution in [0.1, 0.15) is 41.6 Å². The lowest BCUT2D eigenvalue weighted by atomic mass is 10.1. The van der Waals surface area contributed by atoms with Crippen LogP contribution in [0.25, 0.3) is 6.08 Å². The van der Waals surface area contributed by atoms with Gasteiger partial charge in [0.2, 0.25) is 17.6 Å².